The van der Waals surface area contributed by atoms with Gasteiger partial charge in [0, 0.05) is 6.92 Å². The summed E-state index contributed by atoms with van der Waals surface area (Å²) in [4.78, 5) is 9.00. The van der Waals surface area contributed by atoms with E-state index in [-0.39, 0.29) is 13.2 Å². The molecule has 1 N–H and O–H groups in total. The van der Waals surface area contributed by atoms with Gasteiger partial charge in [-0.1, -0.05) is 0 Å². The summed E-state index contributed by atoms with van der Waals surface area (Å²) in [5.74, 6) is -0.833. The number of hydrogen-bond acceptors (Lipinski definition) is 5. The molecule has 6 nitrogen and oxygen atoms in total. The lowest BCUT2D eigenvalue weighted by Gasteiger charge is -1.99. The molecule has 80 valence electrons. The Morgan fingerprint density at radius 1 is 1.23 bits per heavy atom. The van der Waals surface area contributed by atoms with Crippen molar-refractivity contribution in [3.8, 4) is 0 Å². The third kappa shape index (κ3) is 18.4. The second kappa shape index (κ2) is 7.96. The van der Waals surface area contributed by atoms with Crippen molar-refractivity contribution in [2.45, 2.75) is 20.8 Å². The number of carboxylic acid groups (broad SMARTS) is 1. The van der Waals surface area contributed by atoms with Crippen LogP contribution in [-0.2, 0) is 23.6 Å². The average molecular weight is 214 g/mol. The van der Waals surface area contributed by atoms with E-state index in [0.29, 0.717) is 0 Å². The van der Waals surface area contributed by atoms with Crippen molar-refractivity contribution in [3.63, 3.8) is 0 Å². The molecule has 0 spiro atoms. The number of hydrogen-bond donors (Lipinski definition) is 1. The van der Waals surface area contributed by atoms with Crippen molar-refractivity contribution in [2.24, 2.45) is 0 Å². The summed E-state index contributed by atoms with van der Waals surface area (Å²) in [6.45, 7) is 4.47. The first kappa shape index (κ1) is 14.8. The fourth-order valence-electron chi connectivity index (χ4n) is 0.323. The molecule has 0 saturated carbocycles. The van der Waals surface area contributed by atoms with E-state index in [4.69, 9.17) is 9.90 Å². The van der Waals surface area contributed by atoms with Gasteiger partial charge in [0.15, 0.2) is 0 Å². The van der Waals surface area contributed by atoms with Crippen molar-refractivity contribution in [3.05, 3.63) is 0 Å². The van der Waals surface area contributed by atoms with E-state index >= 15 is 0 Å². The van der Waals surface area contributed by atoms with Crippen LogP contribution in [0.5, 0.6) is 0 Å². The van der Waals surface area contributed by atoms with Crippen LogP contribution in [0.1, 0.15) is 20.8 Å². The topological polar surface area (TPSA) is 89.9 Å². The lowest BCUT2D eigenvalue weighted by Crippen LogP contribution is -2.09. The molecule has 0 amide bonds. The average Bonchev–Trinajstić information content (AvgIpc) is 1.84. The van der Waals surface area contributed by atoms with Crippen LogP contribution < -0.4 is 0 Å². The summed E-state index contributed by atoms with van der Waals surface area (Å²) in [7, 11) is -3.68. The molecule has 13 heavy (non-hydrogen) atoms. The molecule has 0 aromatic rings. The quantitative estimate of drug-likeness (QED) is 0.728. The Morgan fingerprint density at radius 3 is 1.62 bits per heavy atom. The minimum absolute atomic E-state index is 0.113. The van der Waals surface area contributed by atoms with Gasteiger partial charge in [0.25, 0.3) is 5.97 Å². The van der Waals surface area contributed by atoms with Crippen LogP contribution in [0.15, 0.2) is 0 Å². The lowest BCUT2D eigenvalue weighted by atomic mass is 10.9. The van der Waals surface area contributed by atoms with Gasteiger partial charge in [-0.15, -0.1) is 0 Å². The molecule has 0 aromatic carbocycles. The van der Waals surface area contributed by atoms with Crippen molar-refractivity contribution < 1.29 is 26.7 Å². The van der Waals surface area contributed by atoms with Crippen LogP contribution >= 0.6 is 0 Å². The van der Waals surface area contributed by atoms with Crippen molar-refractivity contribution in [1.29, 1.82) is 0 Å². The van der Waals surface area contributed by atoms with Crippen molar-refractivity contribution in [2.75, 3.05) is 13.2 Å². The van der Waals surface area contributed by atoms with Gasteiger partial charge in [-0.2, -0.15) is 8.42 Å². The summed E-state index contributed by atoms with van der Waals surface area (Å²) in [5.41, 5.74) is 0. The molecule has 0 rings (SSSR count). The highest BCUT2D eigenvalue weighted by Crippen LogP contribution is 1.93. The third-order valence-electron chi connectivity index (χ3n) is 0.524. The Labute approximate surface area is 77.8 Å². The molecule has 0 bridgehead atoms. The number of carbonyl (C=O) groups is 1. The second-order valence-electron chi connectivity index (χ2n) is 1.74. The second-order valence-corrected chi connectivity index (χ2v) is 3.03. The summed E-state index contributed by atoms with van der Waals surface area (Å²) in [6, 6.07) is 0. The summed E-state index contributed by atoms with van der Waals surface area (Å²) in [6.07, 6.45) is 0. The Kier molecular flexibility index (Phi) is 9.09. The highest BCUT2D eigenvalue weighted by Gasteiger charge is 2.06. The minimum atomic E-state index is -3.68. The van der Waals surface area contributed by atoms with E-state index in [9.17, 15) is 8.42 Å². The zero-order valence-corrected chi connectivity index (χ0v) is 8.63. The lowest BCUT2D eigenvalue weighted by molar-refractivity contribution is -0.134. The van der Waals surface area contributed by atoms with Gasteiger partial charge in [-0.3, -0.25) is 4.79 Å². The predicted molar refractivity (Wildman–Crippen MR) is 45.5 cm³/mol. The molecule has 0 aliphatic carbocycles. The molecular weight excluding hydrogens is 200 g/mol. The maximum atomic E-state index is 10.4. The predicted octanol–water partition coefficient (Wildman–Crippen LogP) is 0.395. The van der Waals surface area contributed by atoms with Gasteiger partial charge < -0.3 is 5.11 Å². The van der Waals surface area contributed by atoms with Crippen LogP contribution in [-0.4, -0.2) is 32.7 Å². The Balaban J connectivity index is 0. The van der Waals surface area contributed by atoms with E-state index in [1.165, 1.54) is 0 Å². The normalized spacial score (nSPS) is 10.1. The van der Waals surface area contributed by atoms with Crippen molar-refractivity contribution >= 4 is 16.4 Å². The fourth-order valence-corrected chi connectivity index (χ4v) is 0.968. The summed E-state index contributed by atoms with van der Waals surface area (Å²) in [5, 5.41) is 7.42. The van der Waals surface area contributed by atoms with E-state index in [0.717, 1.165) is 6.92 Å². The first-order valence-corrected chi connectivity index (χ1v) is 4.92. The molecule has 0 atom stereocenters. The SMILES string of the molecule is CC(=O)O.CCOS(=O)(=O)OCC. The smallest absolute Gasteiger partial charge is 0.399 e. The molecule has 0 aromatic heterocycles. The molecular formula is C6H14O6S. The Hall–Kier alpha value is -0.660. The Morgan fingerprint density at radius 2 is 1.46 bits per heavy atom. The molecule has 0 radical (unpaired) electrons. The van der Waals surface area contributed by atoms with E-state index in [1.54, 1.807) is 13.8 Å². The molecule has 0 heterocycles. The first-order chi connectivity index (χ1) is 5.85. The van der Waals surface area contributed by atoms with Crippen LogP contribution in [0, 0.1) is 0 Å². The highest BCUT2D eigenvalue weighted by molar-refractivity contribution is 7.81. The zero-order chi connectivity index (χ0) is 10.9. The van der Waals surface area contributed by atoms with Crippen LogP contribution in [0.25, 0.3) is 0 Å². The van der Waals surface area contributed by atoms with E-state index in [1.807, 2.05) is 0 Å². The number of aliphatic carboxylic acids is 1. The van der Waals surface area contributed by atoms with Gasteiger partial charge in [0.2, 0.25) is 0 Å². The zero-order valence-electron chi connectivity index (χ0n) is 7.81. The third-order valence-corrected chi connectivity index (χ3v) is 1.57. The molecule has 0 aliphatic heterocycles. The molecule has 0 unspecified atom stereocenters. The maximum Gasteiger partial charge on any atom is 0.399 e. The summed E-state index contributed by atoms with van der Waals surface area (Å²) >= 11 is 0. The van der Waals surface area contributed by atoms with Gasteiger partial charge >= 0.3 is 10.4 Å². The van der Waals surface area contributed by atoms with Crippen molar-refractivity contribution in [1.82, 2.24) is 0 Å². The van der Waals surface area contributed by atoms with Crippen LogP contribution in [0.4, 0.5) is 0 Å². The molecule has 7 heteroatoms. The highest BCUT2D eigenvalue weighted by atomic mass is 32.3. The molecule has 0 saturated heterocycles. The van der Waals surface area contributed by atoms with E-state index < -0.39 is 16.4 Å². The van der Waals surface area contributed by atoms with Crippen LogP contribution in [0.3, 0.4) is 0 Å². The number of carboxylic acids is 1. The standard InChI is InChI=1S/C4H10O4S.C2H4O2/c1-3-7-9(5,6)8-4-2;1-2(3)4/h3-4H2,1-2H3;1H3,(H,3,4). The van der Waals surface area contributed by atoms with Crippen LogP contribution in [0.2, 0.25) is 0 Å². The molecule has 0 aliphatic rings. The van der Waals surface area contributed by atoms with Gasteiger partial charge in [-0.25, -0.2) is 8.37 Å². The fraction of sp³-hybridized carbons (Fsp3) is 0.833. The van der Waals surface area contributed by atoms with E-state index in [2.05, 4.69) is 8.37 Å². The maximum absolute atomic E-state index is 10.4. The monoisotopic (exact) mass is 214 g/mol. The summed E-state index contributed by atoms with van der Waals surface area (Å²) < 4.78 is 29.2. The Bertz CT molecular complexity index is 203. The van der Waals surface area contributed by atoms with Gasteiger partial charge in [0.1, 0.15) is 0 Å². The first-order valence-electron chi connectivity index (χ1n) is 3.59. The van der Waals surface area contributed by atoms with Gasteiger partial charge in [-0.05, 0) is 13.8 Å². The molecule has 0 fully saturated rings. The largest absolute Gasteiger partial charge is 0.481 e. The number of rotatable bonds is 4. The minimum Gasteiger partial charge on any atom is -0.481 e. The van der Waals surface area contributed by atoms with Gasteiger partial charge in [0.05, 0.1) is 13.2 Å².